The number of hydrogen-bond acceptors (Lipinski definition) is 5. The van der Waals surface area contributed by atoms with Crippen molar-refractivity contribution < 1.29 is 14.0 Å². The first-order valence-corrected chi connectivity index (χ1v) is 9.19. The van der Waals surface area contributed by atoms with Crippen molar-refractivity contribution in [3.63, 3.8) is 0 Å². The molecule has 0 fully saturated rings. The van der Waals surface area contributed by atoms with Crippen LogP contribution >= 0.6 is 11.3 Å². The highest BCUT2D eigenvalue weighted by Crippen LogP contribution is 2.22. The van der Waals surface area contributed by atoms with E-state index in [0.717, 1.165) is 19.3 Å². The smallest absolute Gasteiger partial charge is 0.219 e. The van der Waals surface area contributed by atoms with Crippen molar-refractivity contribution in [1.29, 1.82) is 0 Å². The van der Waals surface area contributed by atoms with Crippen LogP contribution in [0.5, 0.6) is 0 Å². The summed E-state index contributed by atoms with van der Waals surface area (Å²) in [7, 11) is 0. The van der Waals surface area contributed by atoms with Crippen molar-refractivity contribution in [3.05, 3.63) is 46.7 Å². The van der Waals surface area contributed by atoms with E-state index >= 15 is 0 Å². The van der Waals surface area contributed by atoms with Gasteiger partial charge in [0.1, 0.15) is 5.82 Å². The third-order valence-electron chi connectivity index (χ3n) is 3.56. The standard InChI is InChI=1S/C18H22FN3O2S/c1-2-3-9-16(23)20-10-6-11-21-18-22-12-15(25-18)17(24)13-7-4-5-8-14(13)19/h4-5,7-8,12H,2-3,6,9-11H2,1H3,(H,20,23)(H,21,22). The molecule has 1 aromatic heterocycles. The molecule has 0 aliphatic carbocycles. The highest BCUT2D eigenvalue weighted by Gasteiger charge is 2.16. The summed E-state index contributed by atoms with van der Waals surface area (Å²) in [6, 6.07) is 5.91. The van der Waals surface area contributed by atoms with E-state index in [1.807, 2.05) is 0 Å². The van der Waals surface area contributed by atoms with Crippen LogP contribution in [0.4, 0.5) is 9.52 Å². The molecular weight excluding hydrogens is 341 g/mol. The van der Waals surface area contributed by atoms with E-state index in [9.17, 15) is 14.0 Å². The second-order valence-corrected chi connectivity index (χ2v) is 6.60. The lowest BCUT2D eigenvalue weighted by atomic mass is 10.1. The van der Waals surface area contributed by atoms with Gasteiger partial charge in [-0.15, -0.1) is 0 Å². The molecule has 0 saturated heterocycles. The van der Waals surface area contributed by atoms with Gasteiger partial charge in [-0.1, -0.05) is 36.8 Å². The van der Waals surface area contributed by atoms with Crippen LogP contribution in [0.3, 0.4) is 0 Å². The van der Waals surface area contributed by atoms with Gasteiger partial charge in [-0.25, -0.2) is 9.37 Å². The largest absolute Gasteiger partial charge is 0.361 e. The van der Waals surface area contributed by atoms with Crippen molar-refractivity contribution in [1.82, 2.24) is 10.3 Å². The average molecular weight is 363 g/mol. The van der Waals surface area contributed by atoms with Gasteiger partial charge in [-0.05, 0) is 25.0 Å². The zero-order chi connectivity index (χ0) is 18.1. The van der Waals surface area contributed by atoms with E-state index in [1.165, 1.54) is 29.7 Å². The van der Waals surface area contributed by atoms with Crippen LogP contribution in [0.25, 0.3) is 0 Å². The predicted molar refractivity (Wildman–Crippen MR) is 97.6 cm³/mol. The van der Waals surface area contributed by atoms with Crippen molar-refractivity contribution >= 4 is 28.2 Å². The Balaban J connectivity index is 1.75. The van der Waals surface area contributed by atoms with Crippen LogP contribution in [-0.2, 0) is 4.79 Å². The third kappa shape index (κ3) is 5.94. The Morgan fingerprint density at radius 3 is 2.76 bits per heavy atom. The number of rotatable bonds is 10. The molecule has 0 atom stereocenters. The fourth-order valence-electron chi connectivity index (χ4n) is 2.18. The molecule has 1 aromatic carbocycles. The van der Waals surface area contributed by atoms with Crippen molar-refractivity contribution in [2.75, 3.05) is 18.4 Å². The third-order valence-corrected chi connectivity index (χ3v) is 4.51. The van der Waals surface area contributed by atoms with Gasteiger partial charge >= 0.3 is 0 Å². The molecule has 0 radical (unpaired) electrons. The second-order valence-electron chi connectivity index (χ2n) is 5.57. The number of carbonyl (C=O) groups excluding carboxylic acids is 2. The first-order valence-electron chi connectivity index (χ1n) is 8.37. The minimum atomic E-state index is -0.533. The van der Waals surface area contributed by atoms with Gasteiger partial charge in [-0.2, -0.15) is 0 Å². The topological polar surface area (TPSA) is 71.1 Å². The molecule has 5 nitrogen and oxygen atoms in total. The summed E-state index contributed by atoms with van der Waals surface area (Å²) in [5.74, 6) is -0.824. The summed E-state index contributed by atoms with van der Waals surface area (Å²) in [4.78, 5) is 28.3. The van der Waals surface area contributed by atoms with E-state index in [2.05, 4.69) is 22.5 Å². The van der Waals surface area contributed by atoms with Gasteiger partial charge in [0.05, 0.1) is 16.6 Å². The monoisotopic (exact) mass is 363 g/mol. The van der Waals surface area contributed by atoms with Crippen LogP contribution in [0.2, 0.25) is 0 Å². The zero-order valence-corrected chi connectivity index (χ0v) is 15.0. The molecule has 7 heteroatoms. The summed E-state index contributed by atoms with van der Waals surface area (Å²) in [6.45, 7) is 3.28. The Labute approximate surface area is 150 Å². The summed E-state index contributed by atoms with van der Waals surface area (Å²) in [5, 5.41) is 6.58. The Hall–Kier alpha value is -2.28. The molecule has 0 spiro atoms. The number of ketones is 1. The van der Waals surface area contributed by atoms with Crippen LogP contribution in [-0.4, -0.2) is 29.8 Å². The van der Waals surface area contributed by atoms with Gasteiger partial charge in [0.15, 0.2) is 5.13 Å². The van der Waals surface area contributed by atoms with Crippen LogP contribution in [0, 0.1) is 5.82 Å². The molecule has 2 N–H and O–H groups in total. The number of halogens is 1. The van der Waals surface area contributed by atoms with Gasteiger partial charge < -0.3 is 10.6 Å². The average Bonchev–Trinajstić information content (AvgIpc) is 3.08. The maximum atomic E-state index is 13.7. The number of hydrogen-bond donors (Lipinski definition) is 2. The molecule has 1 amide bonds. The SMILES string of the molecule is CCCCC(=O)NCCCNc1ncc(C(=O)c2ccccc2F)s1. The Morgan fingerprint density at radius 2 is 2.00 bits per heavy atom. The summed E-state index contributed by atoms with van der Waals surface area (Å²) in [6.07, 6.45) is 4.69. The molecular formula is C18H22FN3O2S. The number of amides is 1. The van der Waals surface area contributed by atoms with Gasteiger partial charge in [0, 0.05) is 19.5 Å². The number of carbonyl (C=O) groups is 2. The molecule has 134 valence electrons. The van der Waals surface area contributed by atoms with Gasteiger partial charge in [0.25, 0.3) is 0 Å². The maximum Gasteiger partial charge on any atom is 0.219 e. The number of benzene rings is 1. The normalized spacial score (nSPS) is 10.5. The van der Waals surface area contributed by atoms with E-state index < -0.39 is 5.82 Å². The predicted octanol–water partition coefficient (Wildman–Crippen LogP) is 3.62. The number of anilines is 1. The van der Waals surface area contributed by atoms with Crippen LogP contribution in [0.15, 0.2) is 30.5 Å². The van der Waals surface area contributed by atoms with E-state index in [-0.39, 0.29) is 17.3 Å². The van der Waals surface area contributed by atoms with E-state index in [4.69, 9.17) is 0 Å². The molecule has 0 aliphatic rings. The maximum absolute atomic E-state index is 13.7. The first kappa shape index (κ1) is 19.1. The quantitative estimate of drug-likeness (QED) is 0.500. The van der Waals surface area contributed by atoms with Gasteiger partial charge in [0.2, 0.25) is 11.7 Å². The number of unbranched alkanes of at least 4 members (excludes halogenated alkanes) is 1. The van der Waals surface area contributed by atoms with E-state index in [0.29, 0.717) is 29.5 Å². The fourth-order valence-corrected chi connectivity index (χ4v) is 2.97. The molecule has 1 heterocycles. The molecule has 0 aliphatic heterocycles. The molecule has 0 saturated carbocycles. The van der Waals surface area contributed by atoms with Crippen molar-refractivity contribution in [2.24, 2.45) is 0 Å². The summed E-state index contributed by atoms with van der Waals surface area (Å²) in [5.41, 5.74) is 0.0486. The second kappa shape index (κ2) is 9.88. The highest BCUT2D eigenvalue weighted by molar-refractivity contribution is 7.17. The molecule has 2 aromatic rings. The lowest BCUT2D eigenvalue weighted by Crippen LogP contribution is -2.25. The minimum absolute atomic E-state index is 0.0486. The number of thiazole rings is 1. The molecule has 2 rings (SSSR count). The van der Waals surface area contributed by atoms with Crippen molar-refractivity contribution in [2.45, 2.75) is 32.6 Å². The van der Waals surface area contributed by atoms with Crippen molar-refractivity contribution in [3.8, 4) is 0 Å². The zero-order valence-electron chi connectivity index (χ0n) is 14.2. The minimum Gasteiger partial charge on any atom is -0.361 e. The molecule has 0 unspecified atom stereocenters. The molecule has 0 bridgehead atoms. The number of nitrogens with zero attached hydrogens (tertiary/aromatic N) is 1. The lowest BCUT2D eigenvalue weighted by Gasteiger charge is -2.05. The van der Waals surface area contributed by atoms with Crippen LogP contribution < -0.4 is 10.6 Å². The molecule has 25 heavy (non-hydrogen) atoms. The fraction of sp³-hybridized carbons (Fsp3) is 0.389. The summed E-state index contributed by atoms with van der Waals surface area (Å²) >= 11 is 1.19. The Kier molecular flexibility index (Phi) is 7.53. The lowest BCUT2D eigenvalue weighted by molar-refractivity contribution is -0.121. The highest BCUT2D eigenvalue weighted by atomic mass is 32.1. The summed E-state index contributed by atoms with van der Waals surface area (Å²) < 4.78 is 13.7. The van der Waals surface area contributed by atoms with E-state index in [1.54, 1.807) is 12.1 Å². The number of nitrogens with one attached hydrogen (secondary N) is 2. The Morgan fingerprint density at radius 1 is 1.20 bits per heavy atom. The number of aromatic nitrogens is 1. The van der Waals surface area contributed by atoms with Gasteiger partial charge in [-0.3, -0.25) is 9.59 Å². The van der Waals surface area contributed by atoms with Crippen LogP contribution in [0.1, 0.15) is 47.8 Å². The first-order chi connectivity index (χ1) is 12.1. The Bertz CT molecular complexity index is 718.